The molecule has 0 saturated heterocycles. The second-order valence-corrected chi connectivity index (χ2v) is 2.49. The van der Waals surface area contributed by atoms with E-state index in [4.69, 9.17) is 0 Å². The molecule has 1 aromatic heterocycles. The molecule has 1 N–H and O–H groups in total. The normalized spacial score (nSPS) is 8.00. The number of hydrogen-bond acceptors (Lipinski definition) is 3. The van der Waals surface area contributed by atoms with Gasteiger partial charge in [-0.3, -0.25) is 4.98 Å². The summed E-state index contributed by atoms with van der Waals surface area (Å²) in [5.41, 5.74) is 1.79. The predicted octanol–water partition coefficient (Wildman–Crippen LogP) is 3.30. The van der Waals surface area contributed by atoms with Gasteiger partial charge in [0, 0.05) is 18.1 Å². The number of nitrogens with one attached hydrogen (secondary N) is 1. The van der Waals surface area contributed by atoms with Gasteiger partial charge < -0.3 is 5.32 Å². The minimum absolute atomic E-state index is 1.02. The number of hydrogen-bond donors (Lipinski definition) is 1. The lowest BCUT2D eigenvalue weighted by Crippen LogP contribution is -2.00. The molecule has 0 radical (unpaired) electrons. The summed E-state index contributed by atoms with van der Waals surface area (Å²) in [6.45, 7) is 9.08. The lowest BCUT2D eigenvalue weighted by Gasteiger charge is -1.85. The molecule has 0 aliphatic carbocycles. The van der Waals surface area contributed by atoms with Crippen LogP contribution in [-0.2, 0) is 0 Å². The zero-order valence-corrected chi connectivity index (χ0v) is 9.77. The number of nitrogens with zero attached hydrogens (tertiary/aromatic N) is 1. The first kappa shape index (κ1) is 14.7. The molecule has 0 aliphatic rings. The van der Waals surface area contributed by atoms with Crippen LogP contribution in [0.15, 0.2) is 29.4 Å². The topological polar surface area (TPSA) is 24.9 Å². The number of aromatic nitrogens is 1. The third-order valence-electron chi connectivity index (χ3n) is 0.836. The van der Waals surface area contributed by atoms with Gasteiger partial charge in [-0.2, -0.15) is 0 Å². The van der Waals surface area contributed by atoms with Crippen molar-refractivity contribution in [2.75, 3.05) is 6.54 Å². The van der Waals surface area contributed by atoms with Crippen molar-refractivity contribution in [2.24, 2.45) is 0 Å². The van der Waals surface area contributed by atoms with Crippen LogP contribution in [0.2, 0.25) is 0 Å². The lowest BCUT2D eigenvalue weighted by molar-refractivity contribution is 0.917. The number of thiazole rings is 1. The molecule has 0 unspecified atom stereocenters. The third-order valence-corrected chi connectivity index (χ3v) is 1.36. The molecular weight excluding hydrogens is 180 g/mol. The molecular formula is C10H20N2S. The zero-order valence-electron chi connectivity index (χ0n) is 8.95. The summed E-state index contributed by atoms with van der Waals surface area (Å²) < 4.78 is 0. The van der Waals surface area contributed by atoms with Gasteiger partial charge in [-0.15, -0.1) is 11.3 Å². The van der Waals surface area contributed by atoms with Gasteiger partial charge in [-0.05, 0) is 20.0 Å². The first-order valence-corrected chi connectivity index (χ1v) is 5.52. The largest absolute Gasteiger partial charge is 0.391 e. The zero-order chi connectivity index (χ0) is 10.4. The van der Waals surface area contributed by atoms with Gasteiger partial charge in [0.1, 0.15) is 0 Å². The van der Waals surface area contributed by atoms with Crippen LogP contribution >= 0.6 is 11.3 Å². The maximum absolute atomic E-state index is 3.74. The summed E-state index contributed by atoms with van der Waals surface area (Å²) in [6, 6.07) is 0. The van der Waals surface area contributed by atoms with Crippen molar-refractivity contribution in [3.63, 3.8) is 0 Å². The Bertz CT molecular complexity index is 142. The van der Waals surface area contributed by atoms with Gasteiger partial charge in [0.15, 0.2) is 0 Å². The highest BCUT2D eigenvalue weighted by Crippen LogP contribution is 1.85. The summed E-state index contributed by atoms with van der Waals surface area (Å²) in [6.07, 6.45) is 5.67. The Kier molecular flexibility index (Phi) is 19.5. The second-order valence-electron chi connectivity index (χ2n) is 1.73. The molecule has 1 aromatic rings. The molecule has 1 heterocycles. The molecule has 0 spiro atoms. The fourth-order valence-corrected chi connectivity index (χ4v) is 0.763. The molecule has 0 atom stereocenters. The predicted molar refractivity (Wildman–Crippen MR) is 62.0 cm³/mol. The van der Waals surface area contributed by atoms with E-state index in [1.807, 2.05) is 38.4 Å². The van der Waals surface area contributed by atoms with Gasteiger partial charge in [0.05, 0.1) is 5.51 Å². The van der Waals surface area contributed by atoms with Crippen LogP contribution in [0.1, 0.15) is 27.7 Å². The van der Waals surface area contributed by atoms with Crippen molar-refractivity contribution in [2.45, 2.75) is 27.7 Å². The van der Waals surface area contributed by atoms with Crippen molar-refractivity contribution < 1.29 is 0 Å². The van der Waals surface area contributed by atoms with E-state index >= 15 is 0 Å². The summed E-state index contributed by atoms with van der Waals surface area (Å²) in [5.74, 6) is 0. The van der Waals surface area contributed by atoms with Crippen LogP contribution in [0.4, 0.5) is 0 Å². The van der Waals surface area contributed by atoms with Crippen LogP contribution in [0.25, 0.3) is 0 Å². The number of allylic oxidation sites excluding steroid dienone is 1. The van der Waals surface area contributed by atoms with Gasteiger partial charge in [-0.25, -0.2) is 0 Å². The Labute approximate surface area is 85.7 Å². The molecule has 13 heavy (non-hydrogen) atoms. The Balaban J connectivity index is 0. The van der Waals surface area contributed by atoms with E-state index in [9.17, 15) is 0 Å². The summed E-state index contributed by atoms with van der Waals surface area (Å²) in [4.78, 5) is 3.74. The van der Waals surface area contributed by atoms with E-state index < -0.39 is 0 Å². The van der Waals surface area contributed by atoms with E-state index in [2.05, 4.69) is 17.2 Å². The standard InChI is InChI=1S/C5H11N.C3H3NS.C2H6/c1-3-5-6-4-2;1-2-5-3-4-1;1-2/h3,5-6H,4H2,1-2H3;1-3H;1-2H3/b5-3-;;. The van der Waals surface area contributed by atoms with Crippen molar-refractivity contribution in [1.82, 2.24) is 10.3 Å². The highest BCUT2D eigenvalue weighted by atomic mass is 32.1. The molecule has 76 valence electrons. The maximum atomic E-state index is 3.74. The van der Waals surface area contributed by atoms with Gasteiger partial charge in [0.25, 0.3) is 0 Å². The van der Waals surface area contributed by atoms with Crippen LogP contribution < -0.4 is 5.32 Å². The third kappa shape index (κ3) is 18.3. The summed E-state index contributed by atoms with van der Waals surface area (Å²) in [7, 11) is 0. The maximum Gasteiger partial charge on any atom is 0.0791 e. The first-order valence-electron chi connectivity index (χ1n) is 4.58. The van der Waals surface area contributed by atoms with Crippen LogP contribution in [0.3, 0.4) is 0 Å². The Morgan fingerprint density at radius 2 is 2.15 bits per heavy atom. The molecule has 0 amide bonds. The van der Waals surface area contributed by atoms with Crippen molar-refractivity contribution in [3.8, 4) is 0 Å². The van der Waals surface area contributed by atoms with Crippen molar-refractivity contribution in [3.05, 3.63) is 29.4 Å². The molecule has 0 fully saturated rings. The highest BCUT2D eigenvalue weighted by molar-refractivity contribution is 7.07. The fraction of sp³-hybridized carbons (Fsp3) is 0.500. The summed E-state index contributed by atoms with van der Waals surface area (Å²) in [5, 5.41) is 4.95. The van der Waals surface area contributed by atoms with E-state index in [0.29, 0.717) is 0 Å². The minimum Gasteiger partial charge on any atom is -0.391 e. The summed E-state index contributed by atoms with van der Waals surface area (Å²) >= 11 is 1.60. The lowest BCUT2D eigenvalue weighted by atomic mass is 10.6. The fourth-order valence-electron chi connectivity index (χ4n) is 0.411. The van der Waals surface area contributed by atoms with E-state index in [0.717, 1.165) is 6.54 Å². The van der Waals surface area contributed by atoms with Crippen molar-refractivity contribution >= 4 is 11.3 Å². The van der Waals surface area contributed by atoms with Gasteiger partial charge in [-0.1, -0.05) is 19.9 Å². The van der Waals surface area contributed by atoms with E-state index in [1.54, 1.807) is 23.0 Å². The SMILES string of the molecule is C/C=C\NCC.CC.c1cscn1. The first-order chi connectivity index (χ1) is 6.41. The van der Waals surface area contributed by atoms with E-state index in [1.165, 1.54) is 0 Å². The average molecular weight is 200 g/mol. The van der Waals surface area contributed by atoms with Gasteiger partial charge >= 0.3 is 0 Å². The van der Waals surface area contributed by atoms with Crippen LogP contribution in [-0.4, -0.2) is 11.5 Å². The monoisotopic (exact) mass is 200 g/mol. The highest BCUT2D eigenvalue weighted by Gasteiger charge is 1.59. The molecule has 0 saturated carbocycles. The molecule has 2 nitrogen and oxygen atoms in total. The molecule has 3 heteroatoms. The minimum atomic E-state index is 1.02. The smallest absolute Gasteiger partial charge is 0.0791 e. The van der Waals surface area contributed by atoms with Crippen LogP contribution in [0, 0.1) is 0 Å². The van der Waals surface area contributed by atoms with Crippen molar-refractivity contribution in [1.29, 1.82) is 0 Å². The Hall–Kier alpha value is -0.830. The molecule has 0 aromatic carbocycles. The second kappa shape index (κ2) is 17.3. The molecule has 1 rings (SSSR count). The molecule has 0 bridgehead atoms. The van der Waals surface area contributed by atoms with Crippen LogP contribution in [0.5, 0.6) is 0 Å². The molecule has 0 aliphatic heterocycles. The van der Waals surface area contributed by atoms with E-state index in [-0.39, 0.29) is 0 Å². The Morgan fingerprint density at radius 3 is 2.31 bits per heavy atom. The number of rotatable bonds is 2. The van der Waals surface area contributed by atoms with Gasteiger partial charge in [0.2, 0.25) is 0 Å². The Morgan fingerprint density at radius 1 is 1.46 bits per heavy atom. The average Bonchev–Trinajstić information content (AvgIpc) is 2.76. The quantitative estimate of drug-likeness (QED) is 0.792.